The molecule has 1 aromatic carbocycles. The van der Waals surface area contributed by atoms with Gasteiger partial charge in [-0.15, -0.1) is 12.4 Å². The molecule has 0 unspecified atom stereocenters. The molecule has 3 N–H and O–H groups in total. The highest BCUT2D eigenvalue weighted by atomic mass is 35.5. The van der Waals surface area contributed by atoms with Crippen molar-refractivity contribution in [2.45, 2.75) is 0 Å². The van der Waals surface area contributed by atoms with E-state index in [9.17, 15) is 14.4 Å². The summed E-state index contributed by atoms with van der Waals surface area (Å²) in [5.74, 6) is -3.36. The molecule has 0 spiro atoms. The van der Waals surface area contributed by atoms with Crippen molar-refractivity contribution in [2.24, 2.45) is 4.99 Å². The Labute approximate surface area is 113 Å². The van der Waals surface area contributed by atoms with Crippen molar-refractivity contribution in [3.63, 3.8) is 0 Å². The van der Waals surface area contributed by atoms with Crippen LogP contribution in [0.3, 0.4) is 0 Å². The zero-order chi connectivity index (χ0) is 12.6. The van der Waals surface area contributed by atoms with Crippen LogP contribution in [-0.4, -0.2) is 40.9 Å². The van der Waals surface area contributed by atoms with Crippen molar-refractivity contribution in [3.05, 3.63) is 23.8 Å². The van der Waals surface area contributed by atoms with Crippen LogP contribution in [0.15, 0.2) is 23.2 Å². The Morgan fingerprint density at radius 1 is 1.26 bits per heavy atom. The number of nitrogens with zero attached hydrogens (tertiary/aromatic N) is 1. The maximum Gasteiger partial charge on any atom is 0.358 e. The minimum absolute atomic E-state index is 0. The molecule has 0 radical (unpaired) electrons. The lowest BCUT2D eigenvalue weighted by Gasteiger charge is -2.13. The first-order valence-corrected chi connectivity index (χ1v) is 4.64. The van der Waals surface area contributed by atoms with Gasteiger partial charge in [0.2, 0.25) is 11.5 Å². The average Bonchev–Trinajstić information content (AvgIpc) is 2.32. The summed E-state index contributed by atoms with van der Waals surface area (Å²) in [5, 5.41) is 8.74. The average molecular weight is 288 g/mol. The van der Waals surface area contributed by atoms with Gasteiger partial charge in [0.05, 0.1) is 18.4 Å². The molecular formula is C11H10ClNO6. The van der Waals surface area contributed by atoms with Crippen LogP contribution in [-0.2, 0) is 9.59 Å². The van der Waals surface area contributed by atoms with E-state index in [2.05, 4.69) is 4.99 Å². The van der Waals surface area contributed by atoms with Crippen molar-refractivity contribution in [2.75, 3.05) is 7.11 Å². The van der Waals surface area contributed by atoms with Crippen LogP contribution < -0.4 is 4.74 Å². The van der Waals surface area contributed by atoms with Crippen LogP contribution in [0.5, 0.6) is 5.75 Å². The van der Waals surface area contributed by atoms with Gasteiger partial charge < -0.3 is 15.3 Å². The highest BCUT2D eigenvalue weighted by Crippen LogP contribution is 2.32. The van der Waals surface area contributed by atoms with E-state index >= 15 is 0 Å². The second kappa shape index (κ2) is 6.07. The maximum atomic E-state index is 11.7. The van der Waals surface area contributed by atoms with Gasteiger partial charge in [-0.3, -0.25) is 9.59 Å². The van der Waals surface area contributed by atoms with Gasteiger partial charge in [0.15, 0.2) is 0 Å². The number of carbonyl (C=O) groups excluding carboxylic acids is 2. The third-order valence-electron chi connectivity index (χ3n) is 2.31. The fourth-order valence-electron chi connectivity index (χ4n) is 1.55. The van der Waals surface area contributed by atoms with Crippen LogP contribution in [0.25, 0.3) is 0 Å². The number of rotatable bonds is 2. The van der Waals surface area contributed by atoms with Crippen LogP contribution >= 0.6 is 12.4 Å². The number of carbonyl (C=O) groups is 3. The number of fused-ring (bicyclic) bond motifs is 1. The summed E-state index contributed by atoms with van der Waals surface area (Å²) in [4.78, 5) is 37.6. The third kappa shape index (κ3) is 2.61. The Balaban J connectivity index is 0.00000162. The second-order valence-electron chi connectivity index (χ2n) is 3.28. The maximum absolute atomic E-state index is 11.7. The molecule has 0 aliphatic carbocycles. The predicted molar refractivity (Wildman–Crippen MR) is 67.9 cm³/mol. The highest BCUT2D eigenvalue weighted by molar-refractivity contribution is 6.81. The molecule has 1 aliphatic rings. The fraction of sp³-hybridized carbons (Fsp3) is 0.0909. The SMILES string of the molecule is COc1cccc2c1C(=O)C(=O)C(C(=O)O)=N2.Cl.O. The topological polar surface area (TPSA) is 125 Å². The molecule has 102 valence electrons. The molecular weight excluding hydrogens is 278 g/mol. The van der Waals surface area contributed by atoms with Crippen molar-refractivity contribution in [3.8, 4) is 5.75 Å². The normalized spacial score (nSPS) is 12.6. The molecule has 1 aliphatic heterocycles. The van der Waals surface area contributed by atoms with E-state index in [0.717, 1.165) is 0 Å². The first kappa shape index (κ1) is 16.8. The summed E-state index contributed by atoms with van der Waals surface area (Å²) >= 11 is 0. The zero-order valence-corrected chi connectivity index (χ0v) is 10.5. The molecule has 0 amide bonds. The fourth-order valence-corrected chi connectivity index (χ4v) is 1.55. The van der Waals surface area contributed by atoms with Crippen molar-refractivity contribution in [1.82, 2.24) is 0 Å². The number of aliphatic imine (C=N–C) groups is 1. The molecule has 0 saturated heterocycles. The lowest BCUT2D eigenvalue weighted by atomic mass is 9.98. The van der Waals surface area contributed by atoms with Gasteiger partial charge in [0, 0.05) is 0 Å². The zero-order valence-electron chi connectivity index (χ0n) is 9.67. The molecule has 7 nitrogen and oxygen atoms in total. The number of ketones is 2. The largest absolute Gasteiger partial charge is 0.496 e. The standard InChI is InChI=1S/C11H7NO5.ClH.H2O/c1-17-6-4-2-3-5-7(6)9(13)10(14)8(12-5)11(15)16;;/h2-4H,1H3,(H,15,16);1H;1H2. The van der Waals surface area contributed by atoms with Gasteiger partial charge in [0.25, 0.3) is 5.78 Å². The minimum Gasteiger partial charge on any atom is -0.496 e. The summed E-state index contributed by atoms with van der Waals surface area (Å²) in [6.45, 7) is 0. The van der Waals surface area contributed by atoms with E-state index in [0.29, 0.717) is 0 Å². The number of aliphatic carboxylic acids is 1. The van der Waals surface area contributed by atoms with E-state index in [-0.39, 0.29) is 34.9 Å². The van der Waals surface area contributed by atoms with Crippen molar-refractivity contribution in [1.29, 1.82) is 0 Å². The second-order valence-corrected chi connectivity index (χ2v) is 3.28. The number of methoxy groups -OCH3 is 1. The van der Waals surface area contributed by atoms with E-state index in [1.807, 2.05) is 0 Å². The van der Waals surface area contributed by atoms with Gasteiger partial charge in [0.1, 0.15) is 5.75 Å². The monoisotopic (exact) mass is 287 g/mol. The Hall–Kier alpha value is -2.25. The van der Waals surface area contributed by atoms with Crippen LogP contribution in [0.4, 0.5) is 5.69 Å². The summed E-state index contributed by atoms with van der Waals surface area (Å²) < 4.78 is 4.94. The molecule has 0 bridgehead atoms. The molecule has 2 rings (SSSR count). The quantitative estimate of drug-likeness (QED) is 0.779. The van der Waals surface area contributed by atoms with Crippen molar-refractivity contribution >= 4 is 41.3 Å². The summed E-state index contributed by atoms with van der Waals surface area (Å²) in [6, 6.07) is 4.51. The van der Waals surface area contributed by atoms with Crippen LogP contribution in [0, 0.1) is 0 Å². The molecule has 0 fully saturated rings. The van der Waals surface area contributed by atoms with Gasteiger partial charge in [-0.25, -0.2) is 9.79 Å². The highest BCUT2D eigenvalue weighted by Gasteiger charge is 2.35. The minimum atomic E-state index is -1.52. The lowest BCUT2D eigenvalue weighted by Crippen LogP contribution is -2.33. The Kier molecular flexibility index (Phi) is 5.36. The number of Topliss-reactive ketones (excluding diaryl/α,β-unsaturated/α-hetero) is 2. The Bertz CT molecular complexity index is 581. The van der Waals surface area contributed by atoms with Crippen molar-refractivity contribution < 1.29 is 29.7 Å². The van der Waals surface area contributed by atoms with E-state index in [1.54, 1.807) is 6.07 Å². The summed E-state index contributed by atoms with van der Waals surface area (Å²) in [7, 11) is 1.35. The summed E-state index contributed by atoms with van der Waals surface area (Å²) in [6.07, 6.45) is 0. The predicted octanol–water partition coefficient (Wildman–Crippen LogP) is 0.215. The van der Waals surface area contributed by atoms with E-state index in [4.69, 9.17) is 9.84 Å². The number of carboxylic acids is 1. The van der Waals surface area contributed by atoms with Crippen LogP contribution in [0.2, 0.25) is 0 Å². The smallest absolute Gasteiger partial charge is 0.358 e. The number of benzene rings is 1. The number of carboxylic acid groups (broad SMARTS) is 1. The van der Waals surface area contributed by atoms with Gasteiger partial charge in [-0.1, -0.05) is 6.07 Å². The van der Waals surface area contributed by atoms with Gasteiger partial charge in [-0.05, 0) is 12.1 Å². The van der Waals surface area contributed by atoms with Crippen LogP contribution in [0.1, 0.15) is 10.4 Å². The first-order chi connectivity index (χ1) is 8.06. The molecule has 19 heavy (non-hydrogen) atoms. The first-order valence-electron chi connectivity index (χ1n) is 4.64. The molecule has 0 saturated carbocycles. The molecule has 0 atom stereocenters. The molecule has 1 aromatic rings. The number of halogens is 1. The molecule has 8 heteroatoms. The molecule has 0 aromatic heterocycles. The summed E-state index contributed by atoms with van der Waals surface area (Å²) in [5.41, 5.74) is -0.632. The van der Waals surface area contributed by atoms with E-state index in [1.165, 1.54) is 19.2 Å². The van der Waals surface area contributed by atoms with Gasteiger partial charge >= 0.3 is 5.97 Å². The third-order valence-corrected chi connectivity index (χ3v) is 2.31. The number of hydrogen-bond acceptors (Lipinski definition) is 5. The lowest BCUT2D eigenvalue weighted by molar-refractivity contribution is -0.130. The Morgan fingerprint density at radius 3 is 2.42 bits per heavy atom. The van der Waals surface area contributed by atoms with Gasteiger partial charge in [-0.2, -0.15) is 0 Å². The number of ether oxygens (including phenoxy) is 1. The van der Waals surface area contributed by atoms with E-state index < -0.39 is 23.2 Å². The number of hydrogen-bond donors (Lipinski definition) is 1. The molecule has 1 heterocycles. The Morgan fingerprint density at radius 2 is 1.89 bits per heavy atom.